The van der Waals surface area contributed by atoms with Gasteiger partial charge in [-0.05, 0) is 0 Å². The molecule has 1 aromatic heterocycles. The zero-order chi connectivity index (χ0) is 10.0. The molecule has 0 unspecified atom stereocenters. The van der Waals surface area contributed by atoms with Crippen molar-refractivity contribution in [2.45, 2.75) is 13.0 Å². The maximum atomic E-state index is 10.2. The first-order valence-corrected chi connectivity index (χ1v) is 3.54. The summed E-state index contributed by atoms with van der Waals surface area (Å²) in [6.07, 6.45) is -0.241. The van der Waals surface area contributed by atoms with Gasteiger partial charge >= 0.3 is 5.97 Å². The van der Waals surface area contributed by atoms with E-state index >= 15 is 0 Å². The van der Waals surface area contributed by atoms with E-state index in [9.17, 15) is 4.79 Å². The van der Waals surface area contributed by atoms with Crippen LogP contribution < -0.4 is 0 Å². The fourth-order valence-electron chi connectivity index (χ4n) is 0.939. The third kappa shape index (κ3) is 1.84. The Hall–Kier alpha value is -1.85. The Morgan fingerprint density at radius 1 is 1.38 bits per heavy atom. The number of hydrogen-bond acceptors (Lipinski definition) is 4. The molecule has 6 heteroatoms. The molecule has 0 radical (unpaired) electrons. The lowest BCUT2D eigenvalue weighted by atomic mass is 10.4. The van der Waals surface area contributed by atoms with Gasteiger partial charge in [0.2, 0.25) is 5.88 Å². The highest BCUT2D eigenvalue weighted by Gasteiger charge is 2.13. The Morgan fingerprint density at radius 3 is 2.38 bits per heavy atom. The van der Waals surface area contributed by atoms with Crippen LogP contribution in [0.25, 0.3) is 0 Å². The van der Waals surface area contributed by atoms with Crippen molar-refractivity contribution in [2.75, 3.05) is 0 Å². The fraction of sp³-hybridized carbons (Fsp3) is 0.286. The molecule has 0 fully saturated rings. The number of hydrogen-bond donors (Lipinski definition) is 4. The predicted molar refractivity (Wildman–Crippen MR) is 41.7 cm³/mol. The molecule has 0 atom stereocenters. The van der Waals surface area contributed by atoms with E-state index in [-0.39, 0.29) is 18.8 Å². The molecule has 0 aliphatic rings. The number of carboxylic acids is 1. The van der Waals surface area contributed by atoms with Crippen LogP contribution in [-0.2, 0) is 11.3 Å². The van der Waals surface area contributed by atoms with Gasteiger partial charge in [0.15, 0.2) is 11.6 Å². The predicted octanol–water partition coefficient (Wildman–Crippen LogP) is 0.0796. The minimum atomic E-state index is -1.05. The second-order valence-corrected chi connectivity index (χ2v) is 2.51. The largest absolute Gasteiger partial charge is 0.503 e. The Balaban J connectivity index is 2.81. The molecule has 4 N–H and O–H groups in total. The number of aliphatic carboxylic acids is 1. The van der Waals surface area contributed by atoms with Crippen LogP contribution in [0.3, 0.4) is 0 Å². The highest BCUT2D eigenvalue weighted by atomic mass is 16.4. The first-order chi connectivity index (χ1) is 6.02. The van der Waals surface area contributed by atoms with Crippen LogP contribution in [0.5, 0.6) is 17.5 Å². The summed E-state index contributed by atoms with van der Waals surface area (Å²) in [6, 6.07) is 0.942. The Kier molecular flexibility index (Phi) is 2.32. The maximum absolute atomic E-state index is 10.2. The maximum Gasteiger partial charge on any atom is 0.305 e. The van der Waals surface area contributed by atoms with E-state index in [1.165, 1.54) is 0 Å². The van der Waals surface area contributed by atoms with Crippen molar-refractivity contribution < 1.29 is 25.2 Å². The van der Waals surface area contributed by atoms with Gasteiger partial charge in [-0.2, -0.15) is 0 Å². The van der Waals surface area contributed by atoms with Gasteiger partial charge in [-0.15, -0.1) is 0 Å². The molecule has 6 nitrogen and oxygen atoms in total. The van der Waals surface area contributed by atoms with Gasteiger partial charge in [0.05, 0.1) is 6.42 Å². The lowest BCUT2D eigenvalue weighted by Gasteiger charge is -2.03. The second kappa shape index (κ2) is 3.26. The monoisotopic (exact) mass is 187 g/mol. The first-order valence-electron chi connectivity index (χ1n) is 3.54. The Bertz CT molecular complexity index is 330. The molecule has 1 aromatic rings. The van der Waals surface area contributed by atoms with Crippen LogP contribution >= 0.6 is 0 Å². The third-order valence-electron chi connectivity index (χ3n) is 1.58. The number of nitrogens with zero attached hydrogens (tertiary/aromatic N) is 1. The van der Waals surface area contributed by atoms with Gasteiger partial charge in [-0.25, -0.2) is 0 Å². The number of rotatable bonds is 3. The lowest BCUT2D eigenvalue weighted by Crippen LogP contribution is -2.03. The minimum absolute atomic E-state index is 0.0897. The molecule has 0 saturated carbocycles. The van der Waals surface area contributed by atoms with Gasteiger partial charge in [0.25, 0.3) is 0 Å². The highest BCUT2D eigenvalue weighted by Crippen LogP contribution is 2.32. The van der Waals surface area contributed by atoms with Crippen molar-refractivity contribution in [1.29, 1.82) is 0 Å². The summed E-state index contributed by atoms with van der Waals surface area (Å²) in [6.45, 7) is -0.0897. The fourth-order valence-corrected chi connectivity index (χ4v) is 0.939. The smallest absolute Gasteiger partial charge is 0.305 e. The topological polar surface area (TPSA) is 103 Å². The summed E-state index contributed by atoms with van der Waals surface area (Å²) >= 11 is 0. The van der Waals surface area contributed by atoms with Gasteiger partial charge in [0.1, 0.15) is 0 Å². The van der Waals surface area contributed by atoms with Gasteiger partial charge in [0, 0.05) is 12.6 Å². The molecular weight excluding hydrogens is 178 g/mol. The molecule has 0 aliphatic carbocycles. The van der Waals surface area contributed by atoms with E-state index in [4.69, 9.17) is 20.4 Å². The number of carbonyl (C=O) groups is 1. The molecule has 0 aromatic carbocycles. The Morgan fingerprint density at radius 2 is 2.00 bits per heavy atom. The van der Waals surface area contributed by atoms with Crippen molar-refractivity contribution in [1.82, 2.24) is 4.57 Å². The summed E-state index contributed by atoms with van der Waals surface area (Å²) in [4.78, 5) is 10.2. The number of aromatic hydroxyl groups is 3. The average molecular weight is 187 g/mol. The van der Waals surface area contributed by atoms with Crippen molar-refractivity contribution in [3.63, 3.8) is 0 Å². The molecule has 1 rings (SSSR count). The minimum Gasteiger partial charge on any atom is -0.503 e. The Labute approximate surface area is 73.3 Å². The zero-order valence-electron chi connectivity index (χ0n) is 6.64. The number of aromatic nitrogens is 1. The van der Waals surface area contributed by atoms with E-state index in [1.54, 1.807) is 0 Å². The van der Waals surface area contributed by atoms with Crippen molar-refractivity contribution in [2.24, 2.45) is 0 Å². The quantitative estimate of drug-likeness (QED) is 0.536. The molecular formula is C7H9NO5. The second-order valence-electron chi connectivity index (χ2n) is 2.51. The standard InChI is InChI=1S/C7H9NO5/c9-4-3-5(10)8(7(4)13)2-1-6(11)12/h3,9-10,13H,1-2H2,(H,11,12). The summed E-state index contributed by atoms with van der Waals surface area (Å²) in [7, 11) is 0. The van der Waals surface area contributed by atoms with Gasteiger partial charge in [-0.1, -0.05) is 0 Å². The summed E-state index contributed by atoms with van der Waals surface area (Å²) in [5, 5.41) is 35.4. The molecule has 0 saturated heterocycles. The van der Waals surface area contributed by atoms with E-state index in [2.05, 4.69) is 0 Å². The van der Waals surface area contributed by atoms with Crippen LogP contribution in [0, 0.1) is 0 Å². The van der Waals surface area contributed by atoms with Crippen molar-refractivity contribution in [3.8, 4) is 17.5 Å². The molecule has 0 bridgehead atoms. The third-order valence-corrected chi connectivity index (χ3v) is 1.58. The van der Waals surface area contributed by atoms with Crippen LogP contribution in [0.4, 0.5) is 0 Å². The van der Waals surface area contributed by atoms with Crippen molar-refractivity contribution in [3.05, 3.63) is 6.07 Å². The van der Waals surface area contributed by atoms with E-state index in [0.717, 1.165) is 10.6 Å². The summed E-state index contributed by atoms with van der Waals surface area (Å²) in [5.74, 6) is -2.41. The van der Waals surface area contributed by atoms with Crippen LogP contribution in [-0.4, -0.2) is 31.0 Å². The van der Waals surface area contributed by atoms with E-state index in [1.807, 2.05) is 0 Å². The SMILES string of the molecule is O=C(O)CCn1c(O)cc(O)c1O. The molecule has 1 heterocycles. The van der Waals surface area contributed by atoms with Crippen LogP contribution in [0.2, 0.25) is 0 Å². The van der Waals surface area contributed by atoms with Gasteiger partial charge in [-0.3, -0.25) is 9.36 Å². The summed E-state index contributed by atoms with van der Waals surface area (Å²) in [5.41, 5.74) is 0. The number of carboxylic acid groups (broad SMARTS) is 1. The van der Waals surface area contributed by atoms with E-state index in [0.29, 0.717) is 0 Å². The molecule has 0 aliphatic heterocycles. The van der Waals surface area contributed by atoms with Gasteiger partial charge < -0.3 is 20.4 Å². The average Bonchev–Trinajstić information content (AvgIpc) is 2.24. The normalized spacial score (nSPS) is 10.2. The molecule has 72 valence electrons. The summed E-state index contributed by atoms with van der Waals surface area (Å²) < 4.78 is 0.906. The van der Waals surface area contributed by atoms with Crippen molar-refractivity contribution >= 4 is 5.97 Å². The molecule has 13 heavy (non-hydrogen) atoms. The molecule has 0 amide bonds. The van der Waals surface area contributed by atoms with E-state index < -0.39 is 17.6 Å². The molecule has 0 spiro atoms. The zero-order valence-corrected chi connectivity index (χ0v) is 6.64. The van der Waals surface area contributed by atoms with Crippen LogP contribution in [0.1, 0.15) is 6.42 Å². The first kappa shape index (κ1) is 9.24. The highest BCUT2D eigenvalue weighted by molar-refractivity contribution is 5.66. The van der Waals surface area contributed by atoms with Crippen LogP contribution in [0.15, 0.2) is 6.07 Å². The lowest BCUT2D eigenvalue weighted by molar-refractivity contribution is -0.137.